The van der Waals surface area contributed by atoms with Gasteiger partial charge >= 0.3 is 5.97 Å². The number of amides is 1. The fourth-order valence-electron chi connectivity index (χ4n) is 1.46. The molecule has 0 bridgehead atoms. The number of aliphatic hydroxyl groups excluding tert-OH is 1. The van der Waals surface area contributed by atoms with Gasteiger partial charge in [-0.3, -0.25) is 4.79 Å². The van der Waals surface area contributed by atoms with E-state index < -0.39 is 12.1 Å². The maximum atomic E-state index is 11.3. The second kappa shape index (κ2) is 5.70. The third kappa shape index (κ3) is 3.87. The Hall–Kier alpha value is -1.10. The van der Waals surface area contributed by atoms with E-state index in [1.807, 2.05) is 0 Å². The number of methoxy groups -OCH3 is 1. The fraction of sp³-hybridized carbons (Fsp3) is 0.800. The highest BCUT2D eigenvalue weighted by Crippen LogP contribution is 2.28. The van der Waals surface area contributed by atoms with Crippen molar-refractivity contribution in [3.63, 3.8) is 0 Å². The molecule has 0 aromatic rings. The Bertz CT molecular complexity index is 238. The quantitative estimate of drug-likeness (QED) is 0.624. The average molecular weight is 215 g/mol. The van der Waals surface area contributed by atoms with E-state index in [2.05, 4.69) is 10.1 Å². The van der Waals surface area contributed by atoms with Crippen molar-refractivity contribution in [2.75, 3.05) is 13.7 Å². The Morgan fingerprint density at radius 3 is 2.67 bits per heavy atom. The van der Waals surface area contributed by atoms with Crippen molar-refractivity contribution < 1.29 is 19.4 Å². The summed E-state index contributed by atoms with van der Waals surface area (Å²) >= 11 is 0. The summed E-state index contributed by atoms with van der Waals surface area (Å²) in [7, 11) is 1.20. The number of nitrogens with one attached hydrogen (secondary N) is 1. The molecule has 86 valence electrons. The van der Waals surface area contributed by atoms with Gasteiger partial charge in [-0.2, -0.15) is 0 Å². The summed E-state index contributed by atoms with van der Waals surface area (Å²) in [6, 6.07) is 0. The van der Waals surface area contributed by atoms with Crippen molar-refractivity contribution in [3.8, 4) is 0 Å². The van der Waals surface area contributed by atoms with E-state index in [1.54, 1.807) is 0 Å². The minimum absolute atomic E-state index is 0.0712. The van der Waals surface area contributed by atoms with Gasteiger partial charge in [-0.05, 0) is 18.8 Å². The molecule has 0 aromatic heterocycles. The molecular formula is C10H17NO4. The number of carbonyl (C=O) groups excluding carboxylic acids is 2. The van der Waals surface area contributed by atoms with Crippen molar-refractivity contribution in [1.82, 2.24) is 5.32 Å². The first-order valence-electron chi connectivity index (χ1n) is 5.16. The summed E-state index contributed by atoms with van der Waals surface area (Å²) in [4.78, 5) is 22.1. The van der Waals surface area contributed by atoms with Gasteiger partial charge in [0.05, 0.1) is 13.7 Å². The highest BCUT2D eigenvalue weighted by atomic mass is 16.5. The molecule has 0 heterocycles. The minimum atomic E-state index is -1.26. The number of carbonyl (C=O) groups is 2. The molecule has 1 fully saturated rings. The summed E-state index contributed by atoms with van der Waals surface area (Å²) < 4.78 is 4.32. The van der Waals surface area contributed by atoms with Crippen molar-refractivity contribution in [1.29, 1.82) is 0 Å². The summed E-state index contributed by atoms with van der Waals surface area (Å²) in [5.41, 5.74) is 0. The predicted octanol–water partition coefficient (Wildman–Crippen LogP) is -0.173. The van der Waals surface area contributed by atoms with Gasteiger partial charge in [0, 0.05) is 6.42 Å². The molecule has 1 amide bonds. The van der Waals surface area contributed by atoms with Gasteiger partial charge in [-0.25, -0.2) is 4.79 Å². The van der Waals surface area contributed by atoms with Gasteiger partial charge in [-0.15, -0.1) is 0 Å². The Kier molecular flexibility index (Phi) is 4.55. The van der Waals surface area contributed by atoms with Crippen molar-refractivity contribution in [3.05, 3.63) is 0 Å². The van der Waals surface area contributed by atoms with Crippen LogP contribution in [0.3, 0.4) is 0 Å². The number of esters is 1. The zero-order valence-corrected chi connectivity index (χ0v) is 8.86. The van der Waals surface area contributed by atoms with Gasteiger partial charge in [-0.1, -0.05) is 6.42 Å². The lowest BCUT2D eigenvalue weighted by Gasteiger charge is -2.24. The zero-order chi connectivity index (χ0) is 11.3. The summed E-state index contributed by atoms with van der Waals surface area (Å²) in [5.74, 6) is -0.345. The van der Waals surface area contributed by atoms with E-state index in [-0.39, 0.29) is 12.5 Å². The number of ether oxygens (including phenoxy) is 1. The Morgan fingerprint density at radius 1 is 1.53 bits per heavy atom. The summed E-state index contributed by atoms with van der Waals surface area (Å²) in [6.45, 7) is -0.0712. The molecule has 0 saturated heterocycles. The molecule has 0 spiro atoms. The number of aliphatic hydroxyl groups is 1. The molecule has 1 rings (SSSR count). The first-order chi connectivity index (χ1) is 7.13. The number of hydrogen-bond acceptors (Lipinski definition) is 4. The molecule has 1 atom stereocenters. The van der Waals surface area contributed by atoms with Crippen molar-refractivity contribution >= 4 is 11.9 Å². The lowest BCUT2D eigenvalue weighted by molar-refractivity contribution is -0.150. The maximum absolute atomic E-state index is 11.3. The van der Waals surface area contributed by atoms with Crippen LogP contribution in [0.5, 0.6) is 0 Å². The molecular weight excluding hydrogens is 198 g/mol. The molecule has 5 nitrogen and oxygen atoms in total. The van der Waals surface area contributed by atoms with Gasteiger partial charge < -0.3 is 15.2 Å². The monoisotopic (exact) mass is 215 g/mol. The van der Waals surface area contributed by atoms with E-state index in [9.17, 15) is 14.7 Å². The third-order valence-electron chi connectivity index (χ3n) is 2.66. The normalized spacial score (nSPS) is 17.7. The lowest BCUT2D eigenvalue weighted by Crippen LogP contribution is -2.38. The summed E-state index contributed by atoms with van der Waals surface area (Å²) in [5, 5.41) is 11.7. The van der Waals surface area contributed by atoms with Crippen LogP contribution in [-0.2, 0) is 14.3 Å². The van der Waals surface area contributed by atoms with E-state index in [0.29, 0.717) is 12.3 Å². The zero-order valence-electron chi connectivity index (χ0n) is 8.86. The largest absolute Gasteiger partial charge is 0.467 e. The second-order valence-electron chi connectivity index (χ2n) is 3.84. The van der Waals surface area contributed by atoms with Crippen LogP contribution in [0.15, 0.2) is 0 Å². The smallest absolute Gasteiger partial charge is 0.336 e. The molecule has 1 unspecified atom stereocenters. The van der Waals surface area contributed by atoms with Crippen LogP contribution < -0.4 is 5.32 Å². The molecule has 15 heavy (non-hydrogen) atoms. The van der Waals surface area contributed by atoms with Gasteiger partial charge in [0.1, 0.15) is 0 Å². The highest BCUT2D eigenvalue weighted by molar-refractivity contribution is 5.78. The van der Waals surface area contributed by atoms with Crippen LogP contribution in [0.1, 0.15) is 25.7 Å². The fourth-order valence-corrected chi connectivity index (χ4v) is 1.46. The highest BCUT2D eigenvalue weighted by Gasteiger charge is 2.21. The van der Waals surface area contributed by atoms with Gasteiger partial charge in [0.25, 0.3) is 0 Å². The predicted molar refractivity (Wildman–Crippen MR) is 53.0 cm³/mol. The third-order valence-corrected chi connectivity index (χ3v) is 2.66. The number of hydrogen-bond donors (Lipinski definition) is 2. The second-order valence-corrected chi connectivity index (χ2v) is 3.84. The van der Waals surface area contributed by atoms with Gasteiger partial charge in [0.15, 0.2) is 6.10 Å². The van der Waals surface area contributed by atoms with Crippen molar-refractivity contribution in [2.45, 2.75) is 31.8 Å². The topological polar surface area (TPSA) is 75.6 Å². The van der Waals surface area contributed by atoms with Crippen LogP contribution in [0.25, 0.3) is 0 Å². The van der Waals surface area contributed by atoms with Crippen LogP contribution in [0.4, 0.5) is 0 Å². The summed E-state index contributed by atoms with van der Waals surface area (Å²) in [6.07, 6.45) is 2.64. The molecule has 5 heteroatoms. The van der Waals surface area contributed by atoms with Crippen molar-refractivity contribution in [2.24, 2.45) is 5.92 Å². The molecule has 0 radical (unpaired) electrons. The van der Waals surface area contributed by atoms with Crippen LogP contribution >= 0.6 is 0 Å². The molecule has 2 N–H and O–H groups in total. The maximum Gasteiger partial charge on any atom is 0.336 e. The molecule has 0 aromatic carbocycles. The first kappa shape index (κ1) is 12.0. The van der Waals surface area contributed by atoms with Crippen LogP contribution in [0.2, 0.25) is 0 Å². The van der Waals surface area contributed by atoms with E-state index >= 15 is 0 Å². The van der Waals surface area contributed by atoms with E-state index in [4.69, 9.17) is 0 Å². The molecule has 1 aliphatic carbocycles. The molecule has 0 aliphatic heterocycles. The van der Waals surface area contributed by atoms with Crippen LogP contribution in [-0.4, -0.2) is 36.7 Å². The molecule has 1 aliphatic rings. The first-order valence-corrected chi connectivity index (χ1v) is 5.16. The van der Waals surface area contributed by atoms with Crippen LogP contribution in [0, 0.1) is 5.92 Å². The van der Waals surface area contributed by atoms with Gasteiger partial charge in [0.2, 0.25) is 5.91 Å². The minimum Gasteiger partial charge on any atom is -0.467 e. The average Bonchev–Trinajstić information content (AvgIpc) is 2.18. The SMILES string of the molecule is COC(=O)C(O)CNC(=O)CC1CCC1. The molecule has 1 saturated carbocycles. The Balaban J connectivity index is 2.12. The Morgan fingerprint density at radius 2 is 2.20 bits per heavy atom. The van der Waals surface area contributed by atoms with E-state index in [0.717, 1.165) is 12.8 Å². The van der Waals surface area contributed by atoms with E-state index in [1.165, 1.54) is 13.5 Å². The lowest BCUT2D eigenvalue weighted by atomic mass is 9.83. The number of rotatable bonds is 5. The Labute approximate surface area is 88.8 Å². The standard InChI is InChI=1S/C10H17NO4/c1-15-10(14)8(12)6-11-9(13)5-7-3-2-4-7/h7-8,12H,2-6H2,1H3,(H,11,13).